The van der Waals surface area contributed by atoms with E-state index in [1.165, 1.54) is 48.9 Å². The van der Waals surface area contributed by atoms with Crippen LogP contribution in [0.25, 0.3) is 5.00 Å². The summed E-state index contributed by atoms with van der Waals surface area (Å²) in [4.78, 5) is 13.7. The zero-order chi connectivity index (χ0) is 16.2. The third-order valence-electron chi connectivity index (χ3n) is 4.27. The standard InChI is InChI=1S/C16H21N5OS/c1-11-12(2)23-16(21-10-18-19-20-21)14(11)15(22)17-9-8-13-6-4-3-5-7-13/h6,10H,3-5,7-9H2,1-2H3,(H,17,22). The average Bonchev–Trinajstić information content (AvgIpc) is 3.17. The first-order valence-electron chi connectivity index (χ1n) is 7.96. The molecular formula is C16H21N5OS. The summed E-state index contributed by atoms with van der Waals surface area (Å²) in [5.74, 6) is -0.0474. The van der Waals surface area contributed by atoms with Crippen molar-refractivity contribution in [3.63, 3.8) is 0 Å². The average molecular weight is 331 g/mol. The van der Waals surface area contributed by atoms with Gasteiger partial charge < -0.3 is 5.32 Å². The number of hydrogen-bond acceptors (Lipinski definition) is 5. The summed E-state index contributed by atoms with van der Waals surface area (Å²) in [6, 6.07) is 0. The summed E-state index contributed by atoms with van der Waals surface area (Å²) < 4.78 is 1.56. The lowest BCUT2D eigenvalue weighted by atomic mass is 9.97. The van der Waals surface area contributed by atoms with Crippen LogP contribution < -0.4 is 5.32 Å². The molecule has 2 heterocycles. The number of allylic oxidation sites excluding steroid dienone is 1. The highest BCUT2D eigenvalue weighted by atomic mass is 32.1. The smallest absolute Gasteiger partial charge is 0.254 e. The lowest BCUT2D eigenvalue weighted by molar-refractivity contribution is 0.0953. The van der Waals surface area contributed by atoms with Gasteiger partial charge >= 0.3 is 0 Å². The molecule has 0 unspecified atom stereocenters. The molecule has 0 fully saturated rings. The van der Waals surface area contributed by atoms with Crippen molar-refractivity contribution in [2.24, 2.45) is 0 Å². The SMILES string of the molecule is Cc1sc(-n2cnnn2)c(C(=O)NCCC2=CCCCC2)c1C. The molecular weight excluding hydrogens is 310 g/mol. The van der Waals surface area contributed by atoms with E-state index in [0.29, 0.717) is 12.1 Å². The first-order chi connectivity index (χ1) is 11.2. The molecule has 23 heavy (non-hydrogen) atoms. The Balaban J connectivity index is 1.70. The third kappa shape index (κ3) is 3.50. The van der Waals surface area contributed by atoms with Crippen LogP contribution in [0.5, 0.6) is 0 Å². The van der Waals surface area contributed by atoms with Gasteiger partial charge in [0.1, 0.15) is 11.3 Å². The number of aryl methyl sites for hydroxylation is 1. The van der Waals surface area contributed by atoms with Crippen LogP contribution in [-0.2, 0) is 0 Å². The molecule has 0 aliphatic heterocycles. The number of hydrogen-bond donors (Lipinski definition) is 1. The number of carbonyl (C=O) groups is 1. The molecule has 0 atom stereocenters. The molecule has 1 N–H and O–H groups in total. The zero-order valence-corrected chi connectivity index (χ0v) is 14.3. The van der Waals surface area contributed by atoms with Crippen molar-refractivity contribution in [2.75, 3.05) is 6.54 Å². The van der Waals surface area contributed by atoms with Gasteiger partial charge in [-0.1, -0.05) is 11.6 Å². The summed E-state index contributed by atoms with van der Waals surface area (Å²) in [5.41, 5.74) is 3.14. The molecule has 1 aliphatic carbocycles. The minimum absolute atomic E-state index is 0.0474. The Labute approximate surface area is 139 Å². The van der Waals surface area contributed by atoms with Gasteiger partial charge in [-0.3, -0.25) is 4.79 Å². The quantitative estimate of drug-likeness (QED) is 0.855. The number of rotatable bonds is 5. The zero-order valence-electron chi connectivity index (χ0n) is 13.5. The topological polar surface area (TPSA) is 72.7 Å². The molecule has 3 rings (SSSR count). The molecule has 1 amide bonds. The van der Waals surface area contributed by atoms with E-state index in [9.17, 15) is 4.79 Å². The molecule has 1 aliphatic rings. The number of tetrazole rings is 1. The Bertz CT molecular complexity index is 717. The van der Waals surface area contributed by atoms with E-state index < -0.39 is 0 Å². The van der Waals surface area contributed by atoms with Crippen molar-refractivity contribution >= 4 is 17.2 Å². The van der Waals surface area contributed by atoms with Crippen molar-refractivity contribution in [2.45, 2.75) is 46.0 Å². The molecule has 7 heteroatoms. The number of aromatic nitrogens is 4. The summed E-state index contributed by atoms with van der Waals surface area (Å²) in [7, 11) is 0. The largest absolute Gasteiger partial charge is 0.352 e. The second-order valence-corrected chi connectivity index (χ2v) is 7.04. The maximum atomic E-state index is 12.6. The van der Waals surface area contributed by atoms with Crippen LogP contribution in [0.3, 0.4) is 0 Å². The minimum atomic E-state index is -0.0474. The van der Waals surface area contributed by atoms with Gasteiger partial charge in [0.2, 0.25) is 0 Å². The van der Waals surface area contributed by atoms with Crippen LogP contribution in [0.1, 0.15) is 52.9 Å². The summed E-state index contributed by atoms with van der Waals surface area (Å²) in [5, 5.41) is 15.1. The molecule has 0 aromatic carbocycles. The van der Waals surface area contributed by atoms with Crippen LogP contribution >= 0.6 is 11.3 Å². The van der Waals surface area contributed by atoms with Crippen molar-refractivity contribution in [3.8, 4) is 5.00 Å². The normalized spacial score (nSPS) is 14.6. The Morgan fingerprint density at radius 2 is 2.26 bits per heavy atom. The fourth-order valence-electron chi connectivity index (χ4n) is 2.85. The fraction of sp³-hybridized carbons (Fsp3) is 0.500. The highest BCUT2D eigenvalue weighted by Crippen LogP contribution is 2.30. The first kappa shape index (κ1) is 15.9. The van der Waals surface area contributed by atoms with E-state index in [1.807, 2.05) is 13.8 Å². The summed E-state index contributed by atoms with van der Waals surface area (Å²) >= 11 is 1.54. The predicted octanol–water partition coefficient (Wildman–Crippen LogP) is 2.96. The summed E-state index contributed by atoms with van der Waals surface area (Å²) in [6.45, 7) is 4.66. The lowest BCUT2D eigenvalue weighted by Crippen LogP contribution is -2.26. The molecule has 2 aromatic rings. The van der Waals surface area contributed by atoms with E-state index in [0.717, 1.165) is 21.9 Å². The Morgan fingerprint density at radius 3 is 2.96 bits per heavy atom. The highest BCUT2D eigenvalue weighted by Gasteiger charge is 2.21. The van der Waals surface area contributed by atoms with Gasteiger partial charge in [-0.25, -0.2) is 0 Å². The first-order valence-corrected chi connectivity index (χ1v) is 8.78. The third-order valence-corrected chi connectivity index (χ3v) is 5.46. The van der Waals surface area contributed by atoms with Gasteiger partial charge in [-0.2, -0.15) is 4.68 Å². The van der Waals surface area contributed by atoms with Crippen molar-refractivity contribution in [1.82, 2.24) is 25.5 Å². The second-order valence-electron chi connectivity index (χ2n) is 5.83. The van der Waals surface area contributed by atoms with E-state index in [-0.39, 0.29) is 5.91 Å². The van der Waals surface area contributed by atoms with Gasteiger partial charge in [-0.05, 0) is 61.9 Å². The lowest BCUT2D eigenvalue weighted by Gasteiger charge is -2.13. The number of amides is 1. The molecule has 0 spiro atoms. The van der Waals surface area contributed by atoms with Gasteiger partial charge in [0.15, 0.2) is 0 Å². The van der Waals surface area contributed by atoms with Crippen LogP contribution in [0, 0.1) is 13.8 Å². The monoisotopic (exact) mass is 331 g/mol. The van der Waals surface area contributed by atoms with Gasteiger partial charge in [0.05, 0.1) is 5.56 Å². The van der Waals surface area contributed by atoms with Gasteiger partial charge in [0.25, 0.3) is 5.91 Å². The minimum Gasteiger partial charge on any atom is -0.352 e. The van der Waals surface area contributed by atoms with E-state index in [4.69, 9.17) is 0 Å². The molecule has 2 aromatic heterocycles. The predicted molar refractivity (Wildman–Crippen MR) is 90.0 cm³/mol. The van der Waals surface area contributed by atoms with Crippen LogP contribution in [-0.4, -0.2) is 32.7 Å². The molecule has 122 valence electrons. The highest BCUT2D eigenvalue weighted by molar-refractivity contribution is 7.15. The van der Waals surface area contributed by atoms with Gasteiger partial charge in [-0.15, -0.1) is 16.4 Å². The molecule has 6 nitrogen and oxygen atoms in total. The molecule has 0 radical (unpaired) electrons. The van der Waals surface area contributed by atoms with Crippen LogP contribution in [0.2, 0.25) is 0 Å². The fourth-order valence-corrected chi connectivity index (χ4v) is 3.92. The Hall–Kier alpha value is -2.02. The Morgan fingerprint density at radius 1 is 1.39 bits per heavy atom. The Kier molecular flexibility index (Phi) is 4.85. The number of nitrogens with zero attached hydrogens (tertiary/aromatic N) is 4. The number of carbonyl (C=O) groups excluding carboxylic acids is 1. The van der Waals surface area contributed by atoms with Crippen molar-refractivity contribution in [3.05, 3.63) is 34.0 Å². The number of nitrogens with one attached hydrogen (secondary N) is 1. The van der Waals surface area contributed by atoms with E-state index in [1.54, 1.807) is 4.68 Å². The number of thiophene rings is 1. The second kappa shape index (κ2) is 7.04. The summed E-state index contributed by atoms with van der Waals surface area (Å²) in [6.07, 6.45) is 9.69. The van der Waals surface area contributed by atoms with Gasteiger partial charge in [0, 0.05) is 11.4 Å². The van der Waals surface area contributed by atoms with Crippen LogP contribution in [0.15, 0.2) is 18.0 Å². The van der Waals surface area contributed by atoms with E-state index in [2.05, 4.69) is 26.9 Å². The molecule has 0 saturated carbocycles. The van der Waals surface area contributed by atoms with Crippen molar-refractivity contribution < 1.29 is 4.79 Å². The van der Waals surface area contributed by atoms with E-state index >= 15 is 0 Å². The van der Waals surface area contributed by atoms with Crippen molar-refractivity contribution in [1.29, 1.82) is 0 Å². The maximum Gasteiger partial charge on any atom is 0.254 e. The molecule has 0 saturated heterocycles. The molecule has 0 bridgehead atoms. The maximum absolute atomic E-state index is 12.6. The van der Waals surface area contributed by atoms with Crippen LogP contribution in [0.4, 0.5) is 0 Å².